The predicted molar refractivity (Wildman–Crippen MR) is 139 cm³/mol. The van der Waals surface area contributed by atoms with Crippen molar-refractivity contribution in [1.29, 1.82) is 0 Å². The molecule has 4 atom stereocenters. The number of allylic oxidation sites excluding steroid dienone is 2. The van der Waals surface area contributed by atoms with Crippen molar-refractivity contribution in [3.05, 3.63) is 46.3 Å². The molecule has 0 aromatic heterocycles. The van der Waals surface area contributed by atoms with Crippen molar-refractivity contribution in [2.75, 3.05) is 6.54 Å². The van der Waals surface area contributed by atoms with Gasteiger partial charge >= 0.3 is 13.1 Å². The van der Waals surface area contributed by atoms with Crippen LogP contribution in [0.25, 0.3) is 6.08 Å². The Morgan fingerprint density at radius 1 is 1.18 bits per heavy atom. The van der Waals surface area contributed by atoms with E-state index in [9.17, 15) is 28.9 Å². The number of hydrogen-bond donors (Lipinski definition) is 3. The minimum absolute atomic E-state index is 0.0709. The van der Waals surface area contributed by atoms with Crippen LogP contribution < -0.4 is 0 Å². The SMILES string of the molecule is CC1=C2[C@@H](CC/C(C)=C/c3ccc(O)c(F)c3)OB(O)C[C@@H]2[C@@H]2C(=O)N(CCCCCC(=O)O)C(=O)[C@@H]2C1. The van der Waals surface area contributed by atoms with Crippen molar-refractivity contribution in [1.82, 2.24) is 4.90 Å². The van der Waals surface area contributed by atoms with Gasteiger partial charge in [0.05, 0.1) is 17.9 Å². The Kier molecular flexibility index (Phi) is 8.73. The van der Waals surface area contributed by atoms with E-state index in [-0.39, 0.29) is 37.0 Å². The first kappa shape index (κ1) is 28.0. The summed E-state index contributed by atoms with van der Waals surface area (Å²) in [5, 5.41) is 28.8. The molecule has 0 radical (unpaired) electrons. The summed E-state index contributed by atoms with van der Waals surface area (Å²) < 4.78 is 19.6. The largest absolute Gasteiger partial charge is 0.505 e. The lowest BCUT2D eigenvalue weighted by atomic mass is 9.59. The van der Waals surface area contributed by atoms with Crippen LogP contribution in [0.3, 0.4) is 0 Å². The molecule has 204 valence electrons. The summed E-state index contributed by atoms with van der Waals surface area (Å²) in [5.41, 5.74) is 3.64. The zero-order chi connectivity index (χ0) is 27.6. The first-order valence-corrected chi connectivity index (χ1v) is 13.3. The molecule has 4 rings (SSSR count). The number of aliphatic carboxylic acids is 1. The molecule has 2 saturated heterocycles. The number of unbranched alkanes of at least 4 members (excludes halogenated alkanes) is 2. The monoisotopic (exact) mass is 527 g/mol. The number of aromatic hydroxyl groups is 1. The third-order valence-corrected chi connectivity index (χ3v) is 8.00. The van der Waals surface area contributed by atoms with Crippen molar-refractivity contribution in [3.8, 4) is 5.75 Å². The number of carbonyl (C=O) groups is 3. The summed E-state index contributed by atoms with van der Waals surface area (Å²) in [7, 11) is -1.04. The van der Waals surface area contributed by atoms with Gasteiger partial charge in [-0.05, 0) is 81.5 Å². The van der Waals surface area contributed by atoms with Crippen molar-refractivity contribution in [2.24, 2.45) is 17.8 Å². The van der Waals surface area contributed by atoms with Gasteiger partial charge in [-0.1, -0.05) is 29.7 Å². The quantitative estimate of drug-likeness (QED) is 0.181. The van der Waals surface area contributed by atoms with Crippen molar-refractivity contribution < 1.29 is 38.7 Å². The number of imide groups is 1. The van der Waals surface area contributed by atoms with E-state index < -0.39 is 42.6 Å². The Morgan fingerprint density at radius 2 is 1.95 bits per heavy atom. The average molecular weight is 527 g/mol. The van der Waals surface area contributed by atoms with Gasteiger partial charge in [0.1, 0.15) is 0 Å². The van der Waals surface area contributed by atoms with Gasteiger partial charge in [-0.3, -0.25) is 19.3 Å². The van der Waals surface area contributed by atoms with Crippen LogP contribution in [0.5, 0.6) is 5.75 Å². The molecule has 8 nitrogen and oxygen atoms in total. The van der Waals surface area contributed by atoms with E-state index in [1.807, 2.05) is 19.9 Å². The maximum atomic E-state index is 13.7. The van der Waals surface area contributed by atoms with Gasteiger partial charge in [0, 0.05) is 13.0 Å². The van der Waals surface area contributed by atoms with E-state index in [0.717, 1.165) is 16.7 Å². The molecular weight excluding hydrogens is 492 g/mol. The number of carboxylic acid groups (broad SMARTS) is 1. The lowest BCUT2D eigenvalue weighted by Crippen LogP contribution is -2.46. The van der Waals surface area contributed by atoms with E-state index in [1.54, 1.807) is 6.07 Å². The number of carbonyl (C=O) groups excluding carboxylic acids is 2. The number of likely N-dealkylation sites (tertiary alicyclic amines) is 1. The number of nitrogens with zero attached hydrogens (tertiary/aromatic N) is 1. The summed E-state index contributed by atoms with van der Waals surface area (Å²) in [6.45, 7) is 4.18. The van der Waals surface area contributed by atoms with Gasteiger partial charge in [0.25, 0.3) is 0 Å². The molecular formula is C28H35BFNO7. The highest BCUT2D eigenvalue weighted by molar-refractivity contribution is 6.43. The van der Waals surface area contributed by atoms with Gasteiger partial charge in [0.2, 0.25) is 11.8 Å². The van der Waals surface area contributed by atoms with Crippen LogP contribution in [0.2, 0.25) is 6.32 Å². The lowest BCUT2D eigenvalue weighted by molar-refractivity contribution is -0.141. The number of halogens is 1. The highest BCUT2D eigenvalue weighted by atomic mass is 19.1. The maximum Gasteiger partial charge on any atom is 0.455 e. The molecule has 0 saturated carbocycles. The van der Waals surface area contributed by atoms with E-state index in [4.69, 9.17) is 9.76 Å². The Hall–Kier alpha value is -2.98. The van der Waals surface area contributed by atoms with Gasteiger partial charge in [0.15, 0.2) is 11.6 Å². The minimum atomic E-state index is -1.04. The number of phenols is 1. The summed E-state index contributed by atoms with van der Waals surface area (Å²) in [6, 6.07) is 4.21. The van der Waals surface area contributed by atoms with Crippen LogP contribution in [0.4, 0.5) is 4.39 Å². The van der Waals surface area contributed by atoms with Crippen molar-refractivity contribution in [3.63, 3.8) is 0 Å². The Balaban J connectivity index is 1.44. The molecule has 2 amide bonds. The van der Waals surface area contributed by atoms with E-state index in [2.05, 4.69) is 0 Å². The fourth-order valence-corrected chi connectivity index (χ4v) is 6.26. The van der Waals surface area contributed by atoms with Crippen LogP contribution >= 0.6 is 0 Å². The number of benzene rings is 1. The summed E-state index contributed by atoms with van der Waals surface area (Å²) >= 11 is 0. The molecule has 2 heterocycles. The molecule has 1 aliphatic carbocycles. The van der Waals surface area contributed by atoms with Crippen molar-refractivity contribution >= 4 is 31.0 Å². The fraction of sp³-hybridized carbons (Fsp3) is 0.536. The fourth-order valence-electron chi connectivity index (χ4n) is 6.26. The first-order valence-electron chi connectivity index (χ1n) is 13.3. The zero-order valence-electron chi connectivity index (χ0n) is 21.9. The van der Waals surface area contributed by atoms with Crippen molar-refractivity contribution in [2.45, 2.75) is 71.2 Å². The van der Waals surface area contributed by atoms with Crippen LogP contribution in [-0.4, -0.2) is 57.7 Å². The van der Waals surface area contributed by atoms with E-state index in [1.165, 1.54) is 17.0 Å². The number of phenolic OH excluding ortho intramolecular Hbond substituents is 1. The smallest absolute Gasteiger partial charge is 0.455 e. The second-order valence-electron chi connectivity index (χ2n) is 10.8. The summed E-state index contributed by atoms with van der Waals surface area (Å²) in [6.07, 6.45) is 5.15. The van der Waals surface area contributed by atoms with E-state index in [0.29, 0.717) is 44.1 Å². The Morgan fingerprint density at radius 3 is 2.66 bits per heavy atom. The molecule has 1 aromatic carbocycles. The lowest BCUT2D eigenvalue weighted by Gasteiger charge is -2.42. The van der Waals surface area contributed by atoms with Crippen LogP contribution in [-0.2, 0) is 19.0 Å². The molecule has 38 heavy (non-hydrogen) atoms. The molecule has 0 bridgehead atoms. The topological polar surface area (TPSA) is 124 Å². The highest BCUT2D eigenvalue weighted by Gasteiger charge is 2.56. The number of amides is 2. The second kappa shape index (κ2) is 11.8. The second-order valence-corrected chi connectivity index (χ2v) is 10.8. The Labute approximate surface area is 222 Å². The van der Waals surface area contributed by atoms with Crippen LogP contribution in [0, 0.1) is 23.6 Å². The molecule has 2 aliphatic heterocycles. The number of hydrogen-bond acceptors (Lipinski definition) is 6. The molecule has 10 heteroatoms. The van der Waals surface area contributed by atoms with E-state index >= 15 is 0 Å². The molecule has 0 spiro atoms. The van der Waals surface area contributed by atoms with Gasteiger partial charge in [-0.2, -0.15) is 0 Å². The number of carboxylic acids is 1. The zero-order valence-corrected chi connectivity index (χ0v) is 21.9. The average Bonchev–Trinajstić information content (AvgIpc) is 3.08. The highest BCUT2D eigenvalue weighted by Crippen LogP contribution is 2.50. The molecule has 3 N–H and O–H groups in total. The van der Waals surface area contributed by atoms with Gasteiger partial charge in [-0.25, -0.2) is 4.39 Å². The van der Waals surface area contributed by atoms with Gasteiger partial charge < -0.3 is 19.9 Å². The third kappa shape index (κ3) is 6.02. The summed E-state index contributed by atoms with van der Waals surface area (Å²) in [5.74, 6) is -3.54. The third-order valence-electron chi connectivity index (χ3n) is 8.00. The first-order chi connectivity index (χ1) is 18.1. The molecule has 3 aliphatic rings. The standard InChI is InChI=1S/C28H35BFNO7/c1-16(12-18-8-9-22(32)21(30)14-18)7-10-23-25-17(2)13-19-26(20(25)15-29(37)38-23)28(36)31(27(19)35)11-5-3-4-6-24(33)34/h8-9,12,14,19-20,23,26,32,37H,3-7,10-11,13,15H2,1-2H3,(H,33,34)/b16-12+/t19-,20+,23-,26-/m1/s1. The molecule has 1 aromatic rings. The predicted octanol–water partition coefficient (Wildman–Crippen LogP) is 4.18. The Bertz CT molecular complexity index is 1170. The minimum Gasteiger partial charge on any atom is -0.505 e. The molecule has 0 unspecified atom stereocenters. The van der Waals surface area contributed by atoms with Gasteiger partial charge in [-0.15, -0.1) is 0 Å². The maximum absolute atomic E-state index is 13.7. The number of fused-ring (bicyclic) bond motifs is 3. The van der Waals surface area contributed by atoms with Crippen LogP contribution in [0.15, 0.2) is 34.9 Å². The molecule has 2 fully saturated rings. The summed E-state index contributed by atoms with van der Waals surface area (Å²) in [4.78, 5) is 38.7. The number of rotatable bonds is 10. The van der Waals surface area contributed by atoms with Crippen LogP contribution in [0.1, 0.15) is 64.4 Å². The normalized spacial score (nSPS) is 25.6.